The Labute approximate surface area is 161 Å². The number of hydrogen-bond donors (Lipinski definition) is 2. The smallest absolute Gasteiger partial charge is 0.262 e. The molecule has 0 saturated heterocycles. The van der Waals surface area contributed by atoms with Crippen LogP contribution < -0.4 is 15.4 Å². The molecule has 0 aliphatic carbocycles. The summed E-state index contributed by atoms with van der Waals surface area (Å²) in [5.41, 5.74) is 1.49. The maximum Gasteiger partial charge on any atom is 0.262 e. The highest BCUT2D eigenvalue weighted by Gasteiger charge is 2.22. The third kappa shape index (κ3) is 5.15. The van der Waals surface area contributed by atoms with Crippen LogP contribution in [-0.2, 0) is 11.2 Å². The predicted octanol–water partition coefficient (Wildman–Crippen LogP) is 3.13. The fraction of sp³-hybridized carbons (Fsp3) is 0.150. The first-order chi connectivity index (χ1) is 13.2. The summed E-state index contributed by atoms with van der Waals surface area (Å²) in [5, 5.41) is 7.44. The lowest BCUT2D eigenvalue weighted by atomic mass is 10.0. The van der Waals surface area contributed by atoms with Gasteiger partial charge in [0, 0.05) is 12.5 Å². The van der Waals surface area contributed by atoms with Gasteiger partial charge >= 0.3 is 0 Å². The molecule has 2 heterocycles. The van der Waals surface area contributed by atoms with Gasteiger partial charge in [-0.15, -0.1) is 11.3 Å². The van der Waals surface area contributed by atoms with Crippen molar-refractivity contribution in [1.82, 2.24) is 10.3 Å². The number of hydrogen-bond acceptors (Lipinski definition) is 5. The minimum absolute atomic E-state index is 0.270. The summed E-state index contributed by atoms with van der Waals surface area (Å²) in [4.78, 5) is 29.9. The lowest BCUT2D eigenvalue weighted by molar-refractivity contribution is -0.118. The van der Waals surface area contributed by atoms with Gasteiger partial charge in [-0.2, -0.15) is 0 Å². The van der Waals surface area contributed by atoms with Crippen molar-refractivity contribution >= 4 is 28.8 Å². The molecule has 2 aromatic heterocycles. The number of nitrogens with zero attached hydrogens (tertiary/aromatic N) is 1. The van der Waals surface area contributed by atoms with E-state index in [0.717, 1.165) is 5.56 Å². The van der Waals surface area contributed by atoms with Crippen LogP contribution in [0.3, 0.4) is 0 Å². The van der Waals surface area contributed by atoms with Crippen LogP contribution in [-0.4, -0.2) is 29.9 Å². The van der Waals surface area contributed by atoms with Crippen LogP contribution in [0, 0.1) is 0 Å². The quantitative estimate of drug-likeness (QED) is 0.659. The number of pyridine rings is 1. The zero-order valence-electron chi connectivity index (χ0n) is 14.7. The molecule has 0 spiro atoms. The number of amides is 2. The van der Waals surface area contributed by atoms with Gasteiger partial charge in [-0.3, -0.25) is 9.59 Å². The molecular formula is C20H19N3O3S. The number of nitrogens with one attached hydrogen (secondary N) is 2. The van der Waals surface area contributed by atoms with Gasteiger partial charge in [0.15, 0.2) is 0 Å². The normalized spacial score (nSPS) is 11.4. The fourth-order valence-corrected chi connectivity index (χ4v) is 3.13. The molecule has 27 heavy (non-hydrogen) atoms. The Morgan fingerprint density at radius 3 is 2.56 bits per heavy atom. The Kier molecular flexibility index (Phi) is 6.17. The molecule has 0 aliphatic rings. The van der Waals surface area contributed by atoms with Gasteiger partial charge in [-0.1, -0.05) is 36.4 Å². The van der Waals surface area contributed by atoms with Gasteiger partial charge in [-0.05, 0) is 23.1 Å². The van der Waals surface area contributed by atoms with Gasteiger partial charge in [0.1, 0.15) is 6.04 Å². The van der Waals surface area contributed by atoms with Gasteiger partial charge in [-0.25, -0.2) is 4.98 Å². The van der Waals surface area contributed by atoms with Crippen LogP contribution in [0.2, 0.25) is 0 Å². The maximum absolute atomic E-state index is 12.8. The molecular weight excluding hydrogens is 362 g/mol. The Morgan fingerprint density at radius 2 is 1.93 bits per heavy atom. The van der Waals surface area contributed by atoms with Crippen LogP contribution in [0.25, 0.3) is 0 Å². The lowest BCUT2D eigenvalue weighted by Gasteiger charge is -2.18. The Morgan fingerprint density at radius 1 is 1.11 bits per heavy atom. The van der Waals surface area contributed by atoms with Crippen molar-refractivity contribution in [3.8, 4) is 5.88 Å². The van der Waals surface area contributed by atoms with Crippen LogP contribution in [0.1, 0.15) is 15.2 Å². The van der Waals surface area contributed by atoms with Crippen molar-refractivity contribution in [2.45, 2.75) is 12.5 Å². The van der Waals surface area contributed by atoms with Crippen LogP contribution in [0.15, 0.2) is 66.2 Å². The molecule has 0 radical (unpaired) electrons. The fourth-order valence-electron chi connectivity index (χ4n) is 2.50. The third-order valence-corrected chi connectivity index (χ3v) is 4.73. The van der Waals surface area contributed by atoms with Crippen molar-refractivity contribution in [2.24, 2.45) is 0 Å². The first-order valence-corrected chi connectivity index (χ1v) is 9.23. The molecule has 1 aromatic carbocycles. The number of thiophene rings is 1. The minimum atomic E-state index is -0.718. The molecule has 7 heteroatoms. The Balaban J connectivity index is 1.74. The lowest BCUT2D eigenvalue weighted by Crippen LogP contribution is -2.45. The van der Waals surface area contributed by atoms with E-state index in [0.29, 0.717) is 22.9 Å². The molecule has 1 atom stereocenters. The molecule has 2 N–H and O–H groups in total. The largest absolute Gasteiger partial charge is 0.481 e. The van der Waals surface area contributed by atoms with E-state index in [1.807, 2.05) is 35.7 Å². The summed E-state index contributed by atoms with van der Waals surface area (Å²) in [6.07, 6.45) is 1.89. The predicted molar refractivity (Wildman–Crippen MR) is 105 cm³/mol. The first kappa shape index (κ1) is 18.6. The average molecular weight is 381 g/mol. The third-order valence-electron chi connectivity index (χ3n) is 3.86. The van der Waals surface area contributed by atoms with Crippen molar-refractivity contribution in [3.63, 3.8) is 0 Å². The summed E-state index contributed by atoms with van der Waals surface area (Å²) < 4.78 is 5.01. The average Bonchev–Trinajstić information content (AvgIpc) is 3.24. The minimum Gasteiger partial charge on any atom is -0.481 e. The molecule has 6 nitrogen and oxygen atoms in total. The number of aromatic nitrogens is 1. The standard InChI is InChI=1S/C20H19N3O3S/c1-26-18-10-9-15(13-21-18)22-19(24)16(12-14-6-3-2-4-7-14)23-20(25)17-8-5-11-27-17/h2-11,13,16H,12H2,1H3,(H,22,24)(H,23,25). The summed E-state index contributed by atoms with van der Waals surface area (Å²) in [7, 11) is 1.52. The Hall–Kier alpha value is -3.19. The van der Waals surface area contributed by atoms with Crippen molar-refractivity contribution in [1.29, 1.82) is 0 Å². The van der Waals surface area contributed by atoms with E-state index >= 15 is 0 Å². The zero-order chi connectivity index (χ0) is 19.1. The van der Waals surface area contributed by atoms with Gasteiger partial charge < -0.3 is 15.4 Å². The number of methoxy groups -OCH3 is 1. The number of ether oxygens (including phenoxy) is 1. The SMILES string of the molecule is COc1ccc(NC(=O)C(Cc2ccccc2)NC(=O)c2cccs2)cn1. The summed E-state index contributed by atoms with van der Waals surface area (Å²) in [6.45, 7) is 0. The summed E-state index contributed by atoms with van der Waals surface area (Å²) in [6, 6.07) is 15.7. The molecule has 2 amide bonds. The van der Waals surface area contributed by atoms with E-state index in [1.165, 1.54) is 24.6 Å². The van der Waals surface area contributed by atoms with Crippen LogP contribution in [0.5, 0.6) is 5.88 Å². The van der Waals surface area contributed by atoms with Crippen molar-refractivity contribution < 1.29 is 14.3 Å². The van der Waals surface area contributed by atoms with Crippen molar-refractivity contribution in [3.05, 3.63) is 76.6 Å². The molecule has 0 bridgehead atoms. The van der Waals surface area contributed by atoms with Gasteiger partial charge in [0.2, 0.25) is 11.8 Å². The summed E-state index contributed by atoms with van der Waals surface area (Å²) in [5.74, 6) is -0.121. The van der Waals surface area contributed by atoms with E-state index in [-0.39, 0.29) is 11.8 Å². The van der Waals surface area contributed by atoms with E-state index in [2.05, 4.69) is 15.6 Å². The van der Waals surface area contributed by atoms with E-state index in [9.17, 15) is 9.59 Å². The monoisotopic (exact) mass is 381 g/mol. The Bertz CT molecular complexity index is 881. The molecule has 3 rings (SSSR count). The second-order valence-corrected chi connectivity index (χ2v) is 6.72. The van der Waals surface area contributed by atoms with Crippen LogP contribution in [0.4, 0.5) is 5.69 Å². The highest BCUT2D eigenvalue weighted by Crippen LogP contribution is 2.13. The van der Waals surface area contributed by atoms with Gasteiger partial charge in [0.25, 0.3) is 5.91 Å². The maximum atomic E-state index is 12.8. The highest BCUT2D eigenvalue weighted by molar-refractivity contribution is 7.12. The second kappa shape index (κ2) is 8.95. The molecule has 3 aromatic rings. The first-order valence-electron chi connectivity index (χ1n) is 8.35. The summed E-state index contributed by atoms with van der Waals surface area (Å²) >= 11 is 1.33. The molecule has 0 fully saturated rings. The van der Waals surface area contributed by atoms with E-state index < -0.39 is 6.04 Å². The number of carbonyl (C=O) groups is 2. The second-order valence-electron chi connectivity index (χ2n) is 5.77. The number of benzene rings is 1. The van der Waals surface area contributed by atoms with E-state index in [4.69, 9.17) is 4.74 Å². The number of rotatable bonds is 7. The molecule has 138 valence electrons. The molecule has 0 aliphatic heterocycles. The van der Waals surface area contributed by atoms with Gasteiger partial charge in [0.05, 0.1) is 23.9 Å². The number of anilines is 1. The zero-order valence-corrected chi connectivity index (χ0v) is 15.5. The van der Waals surface area contributed by atoms with Crippen LogP contribution >= 0.6 is 11.3 Å². The van der Waals surface area contributed by atoms with E-state index in [1.54, 1.807) is 24.3 Å². The number of carbonyl (C=O) groups excluding carboxylic acids is 2. The topological polar surface area (TPSA) is 80.3 Å². The van der Waals surface area contributed by atoms with Crippen molar-refractivity contribution in [2.75, 3.05) is 12.4 Å². The molecule has 1 unspecified atom stereocenters. The highest BCUT2D eigenvalue weighted by atomic mass is 32.1. The molecule has 0 saturated carbocycles.